The summed E-state index contributed by atoms with van der Waals surface area (Å²) in [6, 6.07) is 13.1. The highest BCUT2D eigenvalue weighted by Gasteiger charge is 2.42. The highest BCUT2D eigenvalue weighted by Crippen LogP contribution is 2.48. The Balaban J connectivity index is 1.82. The molecule has 28 heavy (non-hydrogen) atoms. The molecular weight excluding hydrogens is 393 g/mol. The zero-order valence-electron chi connectivity index (χ0n) is 15.6. The minimum absolute atomic E-state index is 0.0918. The molecule has 2 aliphatic rings. The van der Waals surface area contributed by atoms with Gasteiger partial charge in [0.2, 0.25) is 5.95 Å². The second-order valence-corrected chi connectivity index (χ2v) is 9.16. The Morgan fingerprint density at radius 2 is 1.93 bits per heavy atom. The van der Waals surface area contributed by atoms with Gasteiger partial charge in [-0.15, -0.1) is 0 Å². The van der Waals surface area contributed by atoms with Crippen LogP contribution in [0.15, 0.2) is 53.7 Å². The highest BCUT2D eigenvalue weighted by molar-refractivity contribution is 6.35. The summed E-state index contributed by atoms with van der Waals surface area (Å²) in [5.74, 6) is 0.889. The van der Waals surface area contributed by atoms with Crippen LogP contribution in [0.4, 0.5) is 5.95 Å². The molecule has 2 aromatic carbocycles. The van der Waals surface area contributed by atoms with E-state index in [0.29, 0.717) is 16.5 Å². The summed E-state index contributed by atoms with van der Waals surface area (Å²) in [4.78, 5) is 18.1. The third-order valence-corrected chi connectivity index (χ3v) is 6.13. The van der Waals surface area contributed by atoms with Crippen LogP contribution in [0.2, 0.25) is 10.0 Å². The average molecular weight is 412 g/mol. The molecule has 1 N–H and O–H groups in total. The topological polar surface area (TPSA) is 46.9 Å². The SMILES string of the molecule is CC1(C)CC(=O)C2=C(C1)Nc1nc3ccccc3n1[C@H]2c1ccc(Cl)cc1Cl. The minimum atomic E-state index is -0.327. The maximum Gasteiger partial charge on any atom is 0.209 e. The van der Waals surface area contributed by atoms with Crippen LogP contribution in [0.5, 0.6) is 0 Å². The van der Waals surface area contributed by atoms with E-state index in [1.807, 2.05) is 36.4 Å². The van der Waals surface area contributed by atoms with Gasteiger partial charge >= 0.3 is 0 Å². The molecular formula is C22H19Cl2N3O. The van der Waals surface area contributed by atoms with Crippen LogP contribution < -0.4 is 5.32 Å². The van der Waals surface area contributed by atoms with Gasteiger partial charge in [0.1, 0.15) is 0 Å². The van der Waals surface area contributed by atoms with Crippen LogP contribution in [0.25, 0.3) is 11.0 Å². The van der Waals surface area contributed by atoms with Gasteiger partial charge in [0.05, 0.1) is 17.1 Å². The lowest BCUT2D eigenvalue weighted by Crippen LogP contribution is -2.36. The number of benzene rings is 2. The number of hydrogen-bond donors (Lipinski definition) is 1. The first-order chi connectivity index (χ1) is 13.3. The van der Waals surface area contributed by atoms with Crippen molar-refractivity contribution < 1.29 is 4.79 Å². The van der Waals surface area contributed by atoms with Gasteiger partial charge in [0.25, 0.3) is 0 Å². The number of aromatic nitrogens is 2. The minimum Gasteiger partial charge on any atom is -0.329 e. The first-order valence-electron chi connectivity index (χ1n) is 9.29. The molecule has 0 saturated carbocycles. The van der Waals surface area contributed by atoms with Crippen LogP contribution in [-0.2, 0) is 4.79 Å². The third kappa shape index (κ3) is 2.66. The smallest absolute Gasteiger partial charge is 0.209 e. The number of anilines is 1. The summed E-state index contributed by atoms with van der Waals surface area (Å²) >= 11 is 12.7. The monoisotopic (exact) mass is 411 g/mol. The molecule has 142 valence electrons. The lowest BCUT2D eigenvalue weighted by molar-refractivity contribution is -0.118. The Hall–Kier alpha value is -2.30. The molecule has 0 bridgehead atoms. The van der Waals surface area contributed by atoms with E-state index in [1.165, 1.54) is 0 Å². The Kier molecular flexibility index (Phi) is 3.87. The molecule has 4 nitrogen and oxygen atoms in total. The maximum absolute atomic E-state index is 13.3. The second kappa shape index (κ2) is 6.10. The van der Waals surface area contributed by atoms with Gasteiger partial charge in [0, 0.05) is 27.7 Å². The third-order valence-electron chi connectivity index (χ3n) is 5.57. The first-order valence-corrected chi connectivity index (χ1v) is 10.0. The molecule has 6 heteroatoms. The van der Waals surface area contributed by atoms with Crippen molar-refractivity contribution in [3.63, 3.8) is 0 Å². The van der Waals surface area contributed by atoms with Crippen molar-refractivity contribution in [2.75, 3.05) is 5.32 Å². The number of para-hydroxylation sites is 2. The number of ketones is 1. The number of nitrogens with one attached hydrogen (secondary N) is 1. The highest BCUT2D eigenvalue weighted by atomic mass is 35.5. The van der Waals surface area contributed by atoms with E-state index in [0.717, 1.165) is 40.2 Å². The van der Waals surface area contributed by atoms with Crippen molar-refractivity contribution >= 4 is 46.0 Å². The van der Waals surface area contributed by atoms with Crippen molar-refractivity contribution in [2.45, 2.75) is 32.7 Å². The fourth-order valence-electron chi connectivity index (χ4n) is 4.44. The van der Waals surface area contributed by atoms with E-state index in [-0.39, 0.29) is 17.2 Å². The summed E-state index contributed by atoms with van der Waals surface area (Å²) in [7, 11) is 0. The first kappa shape index (κ1) is 17.8. The van der Waals surface area contributed by atoms with E-state index in [4.69, 9.17) is 28.2 Å². The lowest BCUT2D eigenvalue weighted by atomic mass is 9.73. The summed E-state index contributed by atoms with van der Waals surface area (Å²) in [6.07, 6.45) is 1.30. The molecule has 2 heterocycles. The molecule has 5 rings (SSSR count). The van der Waals surface area contributed by atoms with Gasteiger partial charge in [-0.3, -0.25) is 9.36 Å². The van der Waals surface area contributed by atoms with Crippen molar-refractivity contribution in [1.29, 1.82) is 0 Å². The van der Waals surface area contributed by atoms with Gasteiger partial charge < -0.3 is 5.32 Å². The van der Waals surface area contributed by atoms with Gasteiger partial charge in [0.15, 0.2) is 5.78 Å². The summed E-state index contributed by atoms with van der Waals surface area (Å²) < 4.78 is 2.08. The van der Waals surface area contributed by atoms with Gasteiger partial charge in [-0.2, -0.15) is 0 Å². The van der Waals surface area contributed by atoms with Crippen molar-refractivity contribution in [3.8, 4) is 0 Å². The zero-order chi connectivity index (χ0) is 19.6. The van der Waals surface area contributed by atoms with E-state index >= 15 is 0 Å². The Morgan fingerprint density at radius 3 is 2.71 bits per heavy atom. The largest absolute Gasteiger partial charge is 0.329 e. The average Bonchev–Trinajstić information content (AvgIpc) is 2.97. The van der Waals surface area contributed by atoms with E-state index in [9.17, 15) is 4.79 Å². The lowest BCUT2D eigenvalue weighted by Gasteiger charge is -2.39. The van der Waals surface area contributed by atoms with Gasteiger partial charge in [-0.1, -0.05) is 55.2 Å². The van der Waals surface area contributed by atoms with E-state index in [1.54, 1.807) is 6.07 Å². The Bertz CT molecular complexity index is 1180. The molecule has 0 saturated heterocycles. The van der Waals surface area contributed by atoms with Crippen molar-refractivity contribution in [3.05, 3.63) is 69.3 Å². The fourth-order valence-corrected chi connectivity index (χ4v) is 4.95. The number of fused-ring (bicyclic) bond motifs is 3. The van der Waals surface area contributed by atoms with E-state index < -0.39 is 0 Å². The Labute approximate surface area is 173 Å². The van der Waals surface area contributed by atoms with Crippen LogP contribution in [0.3, 0.4) is 0 Å². The molecule has 0 unspecified atom stereocenters. The molecule has 0 radical (unpaired) electrons. The van der Waals surface area contributed by atoms with Gasteiger partial charge in [-0.25, -0.2) is 4.98 Å². The molecule has 1 aliphatic heterocycles. The number of imidazole rings is 1. The predicted molar refractivity (Wildman–Crippen MR) is 113 cm³/mol. The number of rotatable bonds is 1. The number of allylic oxidation sites excluding steroid dienone is 2. The van der Waals surface area contributed by atoms with Crippen LogP contribution in [-0.4, -0.2) is 15.3 Å². The molecule has 0 fully saturated rings. The predicted octanol–water partition coefficient (Wildman–Crippen LogP) is 6.00. The van der Waals surface area contributed by atoms with E-state index in [2.05, 4.69) is 23.7 Å². The Morgan fingerprint density at radius 1 is 1.14 bits per heavy atom. The van der Waals surface area contributed by atoms with Crippen molar-refractivity contribution in [2.24, 2.45) is 5.41 Å². The zero-order valence-corrected chi connectivity index (χ0v) is 17.1. The number of halogens is 2. The number of nitrogens with zero attached hydrogens (tertiary/aromatic N) is 2. The number of carbonyl (C=O) groups is 1. The normalized spacial score (nSPS) is 20.7. The summed E-state index contributed by atoms with van der Waals surface area (Å²) in [5.41, 5.74) is 4.33. The van der Waals surface area contributed by atoms with Gasteiger partial charge in [-0.05, 0) is 41.7 Å². The summed E-state index contributed by atoms with van der Waals surface area (Å²) in [6.45, 7) is 4.25. The molecule has 0 spiro atoms. The molecule has 1 aliphatic carbocycles. The molecule has 1 atom stereocenters. The fraction of sp³-hybridized carbons (Fsp3) is 0.273. The number of hydrogen-bond acceptors (Lipinski definition) is 3. The molecule has 1 aromatic heterocycles. The van der Waals surface area contributed by atoms with Crippen LogP contribution in [0, 0.1) is 5.41 Å². The second-order valence-electron chi connectivity index (χ2n) is 8.32. The molecule has 3 aromatic rings. The maximum atomic E-state index is 13.3. The van der Waals surface area contributed by atoms with Crippen LogP contribution >= 0.6 is 23.2 Å². The molecule has 0 amide bonds. The van der Waals surface area contributed by atoms with Crippen molar-refractivity contribution in [1.82, 2.24) is 9.55 Å². The quantitative estimate of drug-likeness (QED) is 0.533. The number of Topliss-reactive ketones (excluding diaryl/α,β-unsaturated/α-hetero) is 1. The summed E-state index contributed by atoms with van der Waals surface area (Å²) in [5, 5.41) is 4.57. The standard InChI is InChI=1S/C22H19Cl2N3O/c1-22(2)10-16-19(18(28)11-22)20(13-8-7-12(23)9-14(13)24)27-17-6-4-3-5-15(17)25-21(27)26-16/h3-9,20H,10-11H2,1-2H3,(H,25,26)/t20-/m0/s1. The van der Waals surface area contributed by atoms with Crippen LogP contribution in [0.1, 0.15) is 38.3 Å². The number of carbonyl (C=O) groups excluding carboxylic acids is 1.